The minimum Gasteiger partial charge on any atom is -0.508 e. The zero-order valence-corrected chi connectivity index (χ0v) is 19.7. The van der Waals surface area contributed by atoms with E-state index in [9.17, 15) is 30.3 Å². The average Bonchev–Trinajstić information content (AvgIpc) is 2.82. The van der Waals surface area contributed by atoms with E-state index in [-0.39, 0.29) is 22.5 Å². The van der Waals surface area contributed by atoms with Crippen LogP contribution in [0.4, 0.5) is 0 Å². The molecule has 2 aliphatic heterocycles. The summed E-state index contributed by atoms with van der Waals surface area (Å²) in [4.78, 5) is 13.7. The molecule has 190 valence electrons. The van der Waals surface area contributed by atoms with Crippen LogP contribution in [0.5, 0.6) is 23.0 Å². The number of phenolic OH excluding ortho intramolecular Hbond substituents is 2. The van der Waals surface area contributed by atoms with Gasteiger partial charge in [0.15, 0.2) is 11.3 Å². The second-order valence-corrected chi connectivity index (χ2v) is 9.49. The van der Waals surface area contributed by atoms with E-state index < -0.39 is 53.2 Å². The zero-order valence-electron chi connectivity index (χ0n) is 19.7. The molecule has 2 aromatic carbocycles. The fourth-order valence-corrected chi connectivity index (χ4v) is 4.31. The molecule has 36 heavy (non-hydrogen) atoms. The second kappa shape index (κ2) is 8.52. The summed E-state index contributed by atoms with van der Waals surface area (Å²) in [7, 11) is 0. The van der Waals surface area contributed by atoms with Gasteiger partial charge in [-0.1, -0.05) is 0 Å². The maximum atomic E-state index is 13.7. The van der Waals surface area contributed by atoms with Gasteiger partial charge in [0, 0.05) is 11.6 Å². The highest BCUT2D eigenvalue weighted by Crippen LogP contribution is 2.43. The van der Waals surface area contributed by atoms with Crippen LogP contribution >= 0.6 is 0 Å². The van der Waals surface area contributed by atoms with Crippen molar-refractivity contribution in [1.29, 1.82) is 0 Å². The van der Waals surface area contributed by atoms with Crippen molar-refractivity contribution in [2.45, 2.75) is 57.1 Å². The first kappa shape index (κ1) is 24.1. The van der Waals surface area contributed by atoms with Crippen molar-refractivity contribution in [3.63, 3.8) is 0 Å². The summed E-state index contributed by atoms with van der Waals surface area (Å²) < 4.78 is 23.4. The Labute approximate surface area is 205 Å². The normalized spacial score (nSPS) is 26.9. The van der Waals surface area contributed by atoms with E-state index in [1.165, 1.54) is 37.3 Å². The van der Waals surface area contributed by atoms with Crippen LogP contribution in [0.1, 0.15) is 26.3 Å². The minimum absolute atomic E-state index is 0.0186. The van der Waals surface area contributed by atoms with Crippen molar-refractivity contribution in [3.05, 3.63) is 52.2 Å². The van der Waals surface area contributed by atoms with Gasteiger partial charge >= 0.3 is 0 Å². The Morgan fingerprint density at radius 3 is 2.39 bits per heavy atom. The lowest BCUT2D eigenvalue weighted by molar-refractivity contribution is -0.268. The molecule has 3 heterocycles. The Bertz CT molecular complexity index is 1410. The van der Waals surface area contributed by atoms with Gasteiger partial charge in [0.1, 0.15) is 46.5 Å². The van der Waals surface area contributed by atoms with Crippen LogP contribution < -0.4 is 14.9 Å². The summed E-state index contributed by atoms with van der Waals surface area (Å²) in [6, 6.07) is 7.09. The smallest absolute Gasteiger partial charge is 0.239 e. The molecule has 0 spiro atoms. The molecule has 1 saturated heterocycles. The fourth-order valence-electron chi connectivity index (χ4n) is 4.31. The Morgan fingerprint density at radius 1 is 1.00 bits per heavy atom. The number of rotatable bonds is 3. The molecule has 1 fully saturated rings. The van der Waals surface area contributed by atoms with E-state index in [1.54, 1.807) is 12.2 Å². The topological polar surface area (TPSA) is 159 Å². The first-order valence-electron chi connectivity index (χ1n) is 11.4. The highest BCUT2D eigenvalue weighted by molar-refractivity contribution is 5.95. The summed E-state index contributed by atoms with van der Waals surface area (Å²) in [5.41, 5.74) is -0.578. The Hall–Kier alpha value is -3.57. The molecule has 0 saturated carbocycles. The highest BCUT2D eigenvalue weighted by atomic mass is 16.7. The van der Waals surface area contributed by atoms with E-state index in [0.29, 0.717) is 16.9 Å². The van der Waals surface area contributed by atoms with Crippen molar-refractivity contribution in [3.8, 4) is 34.3 Å². The number of ether oxygens (including phenoxy) is 3. The van der Waals surface area contributed by atoms with E-state index in [0.717, 1.165) is 0 Å². The number of fused-ring (bicyclic) bond motifs is 3. The van der Waals surface area contributed by atoms with Crippen molar-refractivity contribution >= 4 is 17.0 Å². The highest BCUT2D eigenvalue weighted by Gasteiger charge is 2.44. The van der Waals surface area contributed by atoms with Crippen molar-refractivity contribution in [2.75, 3.05) is 0 Å². The van der Waals surface area contributed by atoms with Crippen LogP contribution in [-0.2, 0) is 4.74 Å². The number of aromatic hydroxyl groups is 2. The lowest BCUT2D eigenvalue weighted by atomic mass is 9.99. The lowest BCUT2D eigenvalue weighted by Crippen LogP contribution is -2.58. The molecule has 0 radical (unpaired) electrons. The monoisotopic (exact) mass is 498 g/mol. The molecular formula is C26H26O10. The largest absolute Gasteiger partial charge is 0.508 e. The van der Waals surface area contributed by atoms with Gasteiger partial charge in [0.05, 0.1) is 11.7 Å². The van der Waals surface area contributed by atoms with Gasteiger partial charge in [-0.25, -0.2) is 0 Å². The maximum absolute atomic E-state index is 13.7. The molecule has 5 atom stereocenters. The molecule has 0 unspecified atom stereocenters. The van der Waals surface area contributed by atoms with Crippen molar-refractivity contribution in [2.24, 2.45) is 0 Å². The molecule has 0 amide bonds. The second-order valence-electron chi connectivity index (χ2n) is 9.49. The third kappa shape index (κ3) is 3.97. The quantitative estimate of drug-likeness (QED) is 0.363. The van der Waals surface area contributed by atoms with E-state index in [2.05, 4.69) is 0 Å². The van der Waals surface area contributed by atoms with Gasteiger partial charge in [-0.3, -0.25) is 4.79 Å². The van der Waals surface area contributed by atoms with E-state index in [4.69, 9.17) is 18.6 Å². The van der Waals surface area contributed by atoms with Crippen LogP contribution in [0, 0.1) is 0 Å². The molecule has 3 aromatic rings. The maximum Gasteiger partial charge on any atom is 0.239 e. The summed E-state index contributed by atoms with van der Waals surface area (Å²) in [5.74, 6) is -0.570. The first-order chi connectivity index (χ1) is 17.0. The fraction of sp³-hybridized carbons (Fsp3) is 0.346. The van der Waals surface area contributed by atoms with Crippen LogP contribution in [-0.4, -0.2) is 61.8 Å². The summed E-state index contributed by atoms with van der Waals surface area (Å²) in [5, 5.41) is 51.0. The minimum atomic E-state index is -1.69. The summed E-state index contributed by atoms with van der Waals surface area (Å²) in [6.45, 7) is 5.15. The van der Waals surface area contributed by atoms with Gasteiger partial charge in [-0.2, -0.15) is 0 Å². The predicted molar refractivity (Wildman–Crippen MR) is 128 cm³/mol. The SMILES string of the molecule is C[C@@H]1O[C@@H](Oc2c(-c3ccc(O)cc3)oc3c4c(cc(O)c3c2=O)OC(C)(C)C=C4)[C@@H](O)[C@@H](O)[C@H]1O. The molecule has 0 bridgehead atoms. The number of benzene rings is 2. The molecule has 2 aliphatic rings. The third-order valence-corrected chi connectivity index (χ3v) is 6.30. The number of phenols is 2. The van der Waals surface area contributed by atoms with Gasteiger partial charge in [-0.05, 0) is 57.2 Å². The summed E-state index contributed by atoms with van der Waals surface area (Å²) >= 11 is 0. The molecule has 0 aliphatic carbocycles. The molecule has 5 N–H and O–H groups in total. The van der Waals surface area contributed by atoms with E-state index >= 15 is 0 Å². The molecule has 10 nitrogen and oxygen atoms in total. The van der Waals surface area contributed by atoms with Gasteiger partial charge in [0.25, 0.3) is 0 Å². The van der Waals surface area contributed by atoms with Gasteiger partial charge in [-0.15, -0.1) is 0 Å². The average molecular weight is 498 g/mol. The summed E-state index contributed by atoms with van der Waals surface area (Å²) in [6.07, 6.45) is -3.56. The molecule has 1 aromatic heterocycles. The number of hydrogen-bond donors (Lipinski definition) is 5. The standard InChI is InChI=1S/C26H26O10/c1-11-18(29)20(31)21(32)25(33-11)35-24-19(30)17-15(28)10-16-14(8-9-26(2,3)36-16)23(17)34-22(24)12-4-6-13(27)7-5-12/h4-11,18,20-21,25,27-29,31-32H,1-3H3/t11-,18-,20-,21-,25-/m0/s1. The third-order valence-electron chi connectivity index (χ3n) is 6.30. The Balaban J connectivity index is 1.73. The van der Waals surface area contributed by atoms with Crippen LogP contribution in [0.3, 0.4) is 0 Å². The van der Waals surface area contributed by atoms with E-state index in [1.807, 2.05) is 13.8 Å². The number of hydrogen-bond acceptors (Lipinski definition) is 10. The van der Waals surface area contributed by atoms with Crippen LogP contribution in [0.15, 0.2) is 45.6 Å². The van der Waals surface area contributed by atoms with Gasteiger partial charge in [0.2, 0.25) is 17.5 Å². The predicted octanol–water partition coefficient (Wildman–Crippen LogP) is 2.26. The van der Waals surface area contributed by atoms with Crippen LogP contribution in [0.25, 0.3) is 28.4 Å². The number of aliphatic hydroxyl groups is 3. The van der Waals surface area contributed by atoms with Crippen molar-refractivity contribution in [1.82, 2.24) is 0 Å². The lowest BCUT2D eigenvalue weighted by Gasteiger charge is -2.38. The van der Waals surface area contributed by atoms with Crippen molar-refractivity contribution < 1.29 is 44.2 Å². The number of aliphatic hydroxyl groups excluding tert-OH is 3. The Morgan fingerprint density at radius 2 is 1.69 bits per heavy atom. The van der Waals surface area contributed by atoms with Gasteiger partial charge < -0.3 is 44.2 Å². The zero-order chi connectivity index (χ0) is 25.9. The molecule has 10 heteroatoms. The molecular weight excluding hydrogens is 472 g/mol. The molecule has 5 rings (SSSR count). The van der Waals surface area contributed by atoms with Crippen LogP contribution in [0.2, 0.25) is 0 Å². The first-order valence-corrected chi connectivity index (χ1v) is 11.4. The Kier molecular flexibility index (Phi) is 5.72.